The Morgan fingerprint density at radius 1 is 1.30 bits per heavy atom. The average Bonchev–Trinajstić information content (AvgIpc) is 2.64. The molecule has 2 aromatic rings. The van der Waals surface area contributed by atoms with Gasteiger partial charge in [-0.15, -0.1) is 0 Å². The van der Waals surface area contributed by atoms with Crippen molar-refractivity contribution in [1.29, 1.82) is 0 Å². The van der Waals surface area contributed by atoms with Gasteiger partial charge < -0.3 is 20.3 Å². The van der Waals surface area contributed by atoms with Gasteiger partial charge in [-0.1, -0.05) is 12.1 Å². The lowest BCUT2D eigenvalue weighted by Gasteiger charge is -2.31. The number of rotatable bonds is 5. The number of carbonyl (C=O) groups is 1. The van der Waals surface area contributed by atoms with Crippen LogP contribution in [0.3, 0.4) is 0 Å². The molecule has 1 fully saturated rings. The SMILES string of the molecule is CCOC(=O)N1CCC(Nc2nc(C)cc(Nc3ccccc3F)n2)CC1. The highest BCUT2D eigenvalue weighted by atomic mass is 19.1. The van der Waals surface area contributed by atoms with E-state index in [0.29, 0.717) is 37.1 Å². The summed E-state index contributed by atoms with van der Waals surface area (Å²) >= 11 is 0. The summed E-state index contributed by atoms with van der Waals surface area (Å²) in [6.07, 6.45) is 1.30. The Hall–Kier alpha value is -2.90. The maximum Gasteiger partial charge on any atom is 0.409 e. The van der Waals surface area contributed by atoms with Gasteiger partial charge in [-0.25, -0.2) is 14.2 Å². The first-order valence-corrected chi connectivity index (χ1v) is 9.10. The smallest absolute Gasteiger partial charge is 0.409 e. The van der Waals surface area contributed by atoms with Gasteiger partial charge in [-0.2, -0.15) is 4.98 Å². The van der Waals surface area contributed by atoms with E-state index in [0.717, 1.165) is 18.5 Å². The summed E-state index contributed by atoms with van der Waals surface area (Å²) in [4.78, 5) is 22.3. The molecule has 144 valence electrons. The number of para-hydroxylation sites is 1. The number of aromatic nitrogens is 2. The van der Waals surface area contributed by atoms with Crippen molar-refractivity contribution >= 4 is 23.5 Å². The zero-order valence-corrected chi connectivity index (χ0v) is 15.5. The molecule has 0 saturated carbocycles. The Bertz CT molecular complexity index is 793. The van der Waals surface area contributed by atoms with Crippen LogP contribution in [0.5, 0.6) is 0 Å². The minimum atomic E-state index is -0.338. The quantitative estimate of drug-likeness (QED) is 0.832. The first kappa shape index (κ1) is 18.9. The monoisotopic (exact) mass is 373 g/mol. The molecule has 3 rings (SSSR count). The van der Waals surface area contributed by atoms with Crippen molar-refractivity contribution < 1.29 is 13.9 Å². The largest absolute Gasteiger partial charge is 0.450 e. The van der Waals surface area contributed by atoms with Gasteiger partial charge in [-0.3, -0.25) is 0 Å². The molecule has 1 aliphatic heterocycles. The lowest BCUT2D eigenvalue weighted by Crippen LogP contribution is -2.42. The molecule has 1 aromatic carbocycles. The normalized spacial score (nSPS) is 14.7. The fourth-order valence-corrected chi connectivity index (χ4v) is 3.00. The standard InChI is InChI=1S/C19H24FN5O2/c1-3-27-19(26)25-10-8-14(9-11-25)22-18-21-13(2)12-17(24-18)23-16-7-5-4-6-15(16)20/h4-7,12,14H,3,8-11H2,1-2H3,(H2,21,22,23,24). The van der Waals surface area contributed by atoms with E-state index >= 15 is 0 Å². The van der Waals surface area contributed by atoms with E-state index in [1.54, 1.807) is 36.1 Å². The third-order valence-corrected chi connectivity index (χ3v) is 4.35. The van der Waals surface area contributed by atoms with E-state index in [9.17, 15) is 9.18 Å². The number of nitrogens with one attached hydrogen (secondary N) is 2. The van der Waals surface area contributed by atoms with Crippen LogP contribution >= 0.6 is 0 Å². The zero-order valence-electron chi connectivity index (χ0n) is 15.5. The third-order valence-electron chi connectivity index (χ3n) is 4.35. The second-order valence-corrected chi connectivity index (χ2v) is 6.43. The molecule has 8 heteroatoms. The molecule has 1 saturated heterocycles. The Morgan fingerprint density at radius 2 is 2.04 bits per heavy atom. The highest BCUT2D eigenvalue weighted by Crippen LogP contribution is 2.21. The molecule has 0 radical (unpaired) electrons. The predicted octanol–water partition coefficient (Wildman–Crippen LogP) is 3.70. The first-order valence-electron chi connectivity index (χ1n) is 9.10. The van der Waals surface area contributed by atoms with E-state index in [1.807, 2.05) is 6.92 Å². The summed E-state index contributed by atoms with van der Waals surface area (Å²) in [5.74, 6) is 0.678. The van der Waals surface area contributed by atoms with Crippen LogP contribution in [-0.2, 0) is 4.74 Å². The topological polar surface area (TPSA) is 79.4 Å². The highest BCUT2D eigenvalue weighted by molar-refractivity contribution is 5.67. The number of amides is 1. The maximum absolute atomic E-state index is 13.8. The van der Waals surface area contributed by atoms with Crippen LogP contribution in [0.4, 0.5) is 26.6 Å². The number of nitrogens with zero attached hydrogens (tertiary/aromatic N) is 3. The summed E-state index contributed by atoms with van der Waals surface area (Å²) < 4.78 is 18.9. The molecule has 1 amide bonds. The number of hydrogen-bond donors (Lipinski definition) is 2. The van der Waals surface area contributed by atoms with Crippen molar-refractivity contribution in [2.75, 3.05) is 30.3 Å². The number of hydrogen-bond acceptors (Lipinski definition) is 6. The average molecular weight is 373 g/mol. The van der Waals surface area contributed by atoms with Crippen molar-refractivity contribution in [2.45, 2.75) is 32.7 Å². The number of likely N-dealkylation sites (tertiary alicyclic amines) is 1. The van der Waals surface area contributed by atoms with E-state index in [2.05, 4.69) is 20.6 Å². The molecule has 1 aliphatic rings. The molecule has 0 atom stereocenters. The predicted molar refractivity (Wildman–Crippen MR) is 102 cm³/mol. The number of piperidine rings is 1. The van der Waals surface area contributed by atoms with Gasteiger partial charge in [0.25, 0.3) is 0 Å². The number of benzene rings is 1. The van der Waals surface area contributed by atoms with Crippen LogP contribution in [0.2, 0.25) is 0 Å². The number of carbonyl (C=O) groups excluding carboxylic acids is 1. The van der Waals surface area contributed by atoms with Gasteiger partial charge in [0.05, 0.1) is 12.3 Å². The Kier molecular flexibility index (Phi) is 6.05. The van der Waals surface area contributed by atoms with E-state index in [4.69, 9.17) is 4.74 Å². The summed E-state index contributed by atoms with van der Waals surface area (Å²) in [7, 11) is 0. The van der Waals surface area contributed by atoms with E-state index in [1.165, 1.54) is 6.07 Å². The first-order chi connectivity index (χ1) is 13.0. The zero-order chi connectivity index (χ0) is 19.2. The lowest BCUT2D eigenvalue weighted by atomic mass is 10.1. The summed E-state index contributed by atoms with van der Waals surface area (Å²) in [6, 6.07) is 8.38. The van der Waals surface area contributed by atoms with E-state index in [-0.39, 0.29) is 18.0 Å². The van der Waals surface area contributed by atoms with Crippen molar-refractivity contribution in [3.8, 4) is 0 Å². The van der Waals surface area contributed by atoms with Crippen LogP contribution in [0, 0.1) is 12.7 Å². The molecule has 0 bridgehead atoms. The lowest BCUT2D eigenvalue weighted by molar-refractivity contribution is 0.0983. The third kappa shape index (κ3) is 5.06. The second kappa shape index (κ2) is 8.66. The summed E-state index contributed by atoms with van der Waals surface area (Å²) in [5, 5.41) is 6.31. The summed E-state index contributed by atoms with van der Waals surface area (Å²) in [5.41, 5.74) is 1.14. The molecule has 2 heterocycles. The van der Waals surface area contributed by atoms with E-state index < -0.39 is 0 Å². The van der Waals surface area contributed by atoms with Crippen LogP contribution in [0.15, 0.2) is 30.3 Å². The Morgan fingerprint density at radius 3 is 2.74 bits per heavy atom. The minimum Gasteiger partial charge on any atom is -0.450 e. The van der Waals surface area contributed by atoms with Crippen molar-refractivity contribution in [3.05, 3.63) is 41.8 Å². The summed E-state index contributed by atoms with van der Waals surface area (Å²) in [6.45, 7) is 5.30. The molecular weight excluding hydrogens is 349 g/mol. The molecule has 0 unspecified atom stereocenters. The number of ether oxygens (including phenoxy) is 1. The van der Waals surface area contributed by atoms with Gasteiger partial charge in [0.1, 0.15) is 11.6 Å². The van der Waals surface area contributed by atoms with Crippen molar-refractivity contribution in [3.63, 3.8) is 0 Å². The highest BCUT2D eigenvalue weighted by Gasteiger charge is 2.24. The number of anilines is 3. The van der Waals surface area contributed by atoms with Gasteiger partial charge in [0.2, 0.25) is 5.95 Å². The minimum absolute atomic E-state index is 0.166. The van der Waals surface area contributed by atoms with Gasteiger partial charge >= 0.3 is 6.09 Å². The molecule has 7 nitrogen and oxygen atoms in total. The Labute approximate surface area is 158 Å². The van der Waals surface area contributed by atoms with Crippen LogP contribution < -0.4 is 10.6 Å². The van der Waals surface area contributed by atoms with Crippen LogP contribution in [0.1, 0.15) is 25.5 Å². The van der Waals surface area contributed by atoms with Gasteiger partial charge in [0.15, 0.2) is 0 Å². The van der Waals surface area contributed by atoms with Gasteiger partial charge in [0, 0.05) is 30.9 Å². The fourth-order valence-electron chi connectivity index (χ4n) is 3.00. The Balaban J connectivity index is 1.62. The molecule has 0 spiro atoms. The molecule has 0 aliphatic carbocycles. The molecule has 1 aromatic heterocycles. The number of halogens is 1. The van der Waals surface area contributed by atoms with Crippen molar-refractivity contribution in [2.24, 2.45) is 0 Å². The van der Waals surface area contributed by atoms with Crippen LogP contribution in [-0.4, -0.2) is 46.7 Å². The second-order valence-electron chi connectivity index (χ2n) is 6.43. The number of aryl methyl sites for hydroxylation is 1. The fraction of sp³-hybridized carbons (Fsp3) is 0.421. The molecule has 27 heavy (non-hydrogen) atoms. The maximum atomic E-state index is 13.8. The van der Waals surface area contributed by atoms with Gasteiger partial charge in [-0.05, 0) is 38.8 Å². The molecule has 2 N–H and O–H groups in total. The molecular formula is C19H24FN5O2. The van der Waals surface area contributed by atoms with Crippen molar-refractivity contribution in [1.82, 2.24) is 14.9 Å². The van der Waals surface area contributed by atoms with Crippen LogP contribution in [0.25, 0.3) is 0 Å².